The molecule has 2 aliphatic rings. The summed E-state index contributed by atoms with van der Waals surface area (Å²) in [4.78, 5) is 35.7. The van der Waals surface area contributed by atoms with Gasteiger partial charge in [-0.2, -0.15) is 19.0 Å². The number of rotatable bonds is 7. The van der Waals surface area contributed by atoms with Crippen molar-refractivity contribution in [1.29, 1.82) is 0 Å². The molecule has 2 bridgehead atoms. The number of amides is 2. The summed E-state index contributed by atoms with van der Waals surface area (Å²) in [6, 6.07) is 6.20. The van der Waals surface area contributed by atoms with Crippen LogP contribution in [-0.2, 0) is 4.79 Å². The first-order valence-corrected chi connectivity index (χ1v) is 13.1. The molecule has 2 N–H and O–H groups in total. The Kier molecular flexibility index (Phi) is 6.84. The van der Waals surface area contributed by atoms with Gasteiger partial charge in [-0.05, 0) is 44.2 Å². The molecule has 1 unspecified atom stereocenters. The Morgan fingerprint density at radius 1 is 1.23 bits per heavy atom. The highest BCUT2D eigenvalue weighted by molar-refractivity contribution is 6.30. The van der Waals surface area contributed by atoms with Gasteiger partial charge < -0.3 is 15.0 Å². The summed E-state index contributed by atoms with van der Waals surface area (Å²) in [6.45, 7) is -2.17. The molecule has 4 aromatic rings. The molecular formula is C26H25ClF2N8O3. The number of ether oxygens (including phenoxy) is 1. The van der Waals surface area contributed by atoms with Crippen LogP contribution in [0.1, 0.15) is 40.4 Å². The van der Waals surface area contributed by atoms with Gasteiger partial charge in [-0.15, -0.1) is 0 Å². The fraction of sp³-hybridized carbons (Fsp3) is 0.346. The normalized spacial score (nSPS) is 19.8. The quantitative estimate of drug-likeness (QED) is 0.349. The zero-order chi connectivity index (χ0) is 28.0. The second-order valence-corrected chi connectivity index (χ2v) is 10.3. The highest BCUT2D eigenvalue weighted by Crippen LogP contribution is 2.40. The number of halogens is 3. The summed E-state index contributed by atoms with van der Waals surface area (Å²) < 4.78 is 33.1. The van der Waals surface area contributed by atoms with Crippen molar-refractivity contribution in [2.24, 2.45) is 0 Å². The van der Waals surface area contributed by atoms with Crippen LogP contribution >= 0.6 is 11.6 Å². The van der Waals surface area contributed by atoms with Gasteiger partial charge in [0.25, 0.3) is 5.91 Å². The number of hydrogen-bond donors (Lipinski definition) is 2. The number of anilines is 1. The molecule has 3 atom stereocenters. The molecule has 0 spiro atoms. The van der Waals surface area contributed by atoms with E-state index >= 15 is 0 Å². The van der Waals surface area contributed by atoms with Crippen molar-refractivity contribution >= 4 is 34.7 Å². The van der Waals surface area contributed by atoms with Crippen LogP contribution in [-0.4, -0.2) is 85.2 Å². The third-order valence-electron chi connectivity index (χ3n) is 7.62. The zero-order valence-corrected chi connectivity index (χ0v) is 22.1. The number of likely N-dealkylation sites (N-methyl/N-ethyl adjacent to an activating group) is 1. The van der Waals surface area contributed by atoms with E-state index in [4.69, 9.17) is 16.3 Å². The van der Waals surface area contributed by atoms with Crippen LogP contribution in [0.5, 0.6) is 5.75 Å². The first-order valence-electron chi connectivity index (χ1n) is 12.7. The van der Waals surface area contributed by atoms with Gasteiger partial charge in [0, 0.05) is 54.3 Å². The van der Waals surface area contributed by atoms with E-state index in [2.05, 4.69) is 30.5 Å². The lowest BCUT2D eigenvalue weighted by Gasteiger charge is -2.40. The molecule has 0 aliphatic carbocycles. The Bertz CT molecular complexity index is 1560. The van der Waals surface area contributed by atoms with Crippen molar-refractivity contribution < 1.29 is 23.1 Å². The lowest BCUT2D eigenvalue weighted by molar-refractivity contribution is -0.135. The molecule has 0 saturated carbocycles. The van der Waals surface area contributed by atoms with Gasteiger partial charge in [-0.1, -0.05) is 11.6 Å². The smallest absolute Gasteiger partial charge is 0.387 e. The second-order valence-electron chi connectivity index (χ2n) is 9.87. The SMILES string of the molecule is CN1[C@@H]2CC[C@H]1CN(C(=O)C(c1cc(Cl)ccc1OC(F)F)c1n[nH]cc1NC(=O)c1cnn3cccnc13)C2. The van der Waals surface area contributed by atoms with Crippen molar-refractivity contribution in [3.63, 3.8) is 0 Å². The number of likely N-dealkylation sites (tertiary alicyclic amines) is 1. The number of benzene rings is 1. The van der Waals surface area contributed by atoms with E-state index in [0.717, 1.165) is 12.8 Å². The van der Waals surface area contributed by atoms with Crippen molar-refractivity contribution in [2.75, 3.05) is 25.5 Å². The molecule has 11 nitrogen and oxygen atoms in total. The topological polar surface area (TPSA) is 121 Å². The number of carbonyl (C=O) groups excluding carboxylic acids is 2. The highest BCUT2D eigenvalue weighted by Gasteiger charge is 2.43. The Hall–Kier alpha value is -4.10. The highest BCUT2D eigenvalue weighted by atomic mass is 35.5. The molecule has 3 aromatic heterocycles. The third-order valence-corrected chi connectivity index (χ3v) is 7.86. The fourth-order valence-electron chi connectivity index (χ4n) is 5.62. The first-order chi connectivity index (χ1) is 19.3. The van der Waals surface area contributed by atoms with Crippen LogP contribution in [0, 0.1) is 0 Å². The summed E-state index contributed by atoms with van der Waals surface area (Å²) >= 11 is 6.28. The molecule has 5 heterocycles. The molecule has 2 aliphatic heterocycles. The fourth-order valence-corrected chi connectivity index (χ4v) is 5.80. The maximum absolute atomic E-state index is 14.2. The van der Waals surface area contributed by atoms with Crippen molar-refractivity contribution in [3.05, 3.63) is 70.9 Å². The Balaban J connectivity index is 1.40. The molecule has 2 amide bonds. The van der Waals surface area contributed by atoms with E-state index in [1.807, 2.05) is 7.05 Å². The molecule has 40 heavy (non-hydrogen) atoms. The summed E-state index contributed by atoms with van der Waals surface area (Å²) in [6.07, 6.45) is 7.93. The predicted molar refractivity (Wildman–Crippen MR) is 141 cm³/mol. The van der Waals surface area contributed by atoms with E-state index < -0.39 is 18.4 Å². The first kappa shape index (κ1) is 26.1. The van der Waals surface area contributed by atoms with Gasteiger partial charge in [0.1, 0.15) is 22.9 Å². The Morgan fingerprint density at radius 2 is 2.00 bits per heavy atom. The van der Waals surface area contributed by atoms with Crippen molar-refractivity contribution in [1.82, 2.24) is 34.6 Å². The Labute approximate surface area is 232 Å². The number of nitrogens with zero attached hydrogens (tertiary/aromatic N) is 6. The minimum absolute atomic E-state index is 0.115. The third kappa shape index (κ3) is 4.75. The maximum Gasteiger partial charge on any atom is 0.387 e. The number of nitrogens with one attached hydrogen (secondary N) is 2. The molecule has 0 radical (unpaired) electrons. The molecule has 2 fully saturated rings. The van der Waals surface area contributed by atoms with Crippen LogP contribution in [0.15, 0.2) is 49.1 Å². The molecule has 2 saturated heterocycles. The number of aromatic nitrogens is 5. The zero-order valence-electron chi connectivity index (χ0n) is 21.3. The number of aromatic amines is 1. The predicted octanol–water partition coefficient (Wildman–Crippen LogP) is 3.40. The van der Waals surface area contributed by atoms with Gasteiger partial charge in [0.15, 0.2) is 5.65 Å². The van der Waals surface area contributed by atoms with Gasteiger partial charge in [0.2, 0.25) is 5.91 Å². The van der Waals surface area contributed by atoms with Gasteiger partial charge >= 0.3 is 6.61 Å². The maximum atomic E-state index is 14.2. The molecular weight excluding hydrogens is 546 g/mol. The summed E-state index contributed by atoms with van der Waals surface area (Å²) in [5.41, 5.74) is 0.988. The second kappa shape index (κ2) is 10.5. The molecule has 1 aromatic carbocycles. The average Bonchev–Trinajstić information content (AvgIpc) is 3.60. The van der Waals surface area contributed by atoms with Crippen LogP contribution in [0.3, 0.4) is 0 Å². The van der Waals surface area contributed by atoms with E-state index in [1.54, 1.807) is 23.4 Å². The lowest BCUT2D eigenvalue weighted by atomic mass is 9.91. The van der Waals surface area contributed by atoms with Crippen molar-refractivity contribution in [3.8, 4) is 5.75 Å². The number of piperazine rings is 1. The number of H-pyrrole nitrogens is 1. The van der Waals surface area contributed by atoms with Crippen LogP contribution in [0.25, 0.3) is 5.65 Å². The number of carbonyl (C=O) groups is 2. The lowest BCUT2D eigenvalue weighted by Crippen LogP contribution is -2.54. The molecule has 14 heteroatoms. The van der Waals surface area contributed by atoms with E-state index in [-0.39, 0.29) is 51.3 Å². The summed E-state index contributed by atoms with van der Waals surface area (Å²) in [5, 5.41) is 14.2. The minimum atomic E-state index is -3.13. The number of alkyl halides is 2. The largest absolute Gasteiger partial charge is 0.435 e. The van der Waals surface area contributed by atoms with E-state index in [0.29, 0.717) is 18.7 Å². The number of fused-ring (bicyclic) bond motifs is 3. The summed E-state index contributed by atoms with van der Waals surface area (Å²) in [5.74, 6) is -2.29. The number of hydrogen-bond acceptors (Lipinski definition) is 7. The Morgan fingerprint density at radius 3 is 2.75 bits per heavy atom. The van der Waals surface area contributed by atoms with Gasteiger partial charge in [0.05, 0.1) is 11.9 Å². The molecule has 6 rings (SSSR count). The standard InChI is InChI=1S/C26H25ClF2N8O3/c1-35-15-4-5-16(35)13-36(12-15)25(39)21(17-9-14(27)3-6-20(17)40-26(28)29)22-19(11-31-34-22)33-24(38)18-10-32-37-8-2-7-30-23(18)37/h2-3,6-11,15-16,21,26H,4-5,12-13H2,1H3,(H,31,34)(H,33,38)/t15-,16+,21?. The van der Waals surface area contributed by atoms with Crippen molar-refractivity contribution in [2.45, 2.75) is 37.5 Å². The van der Waals surface area contributed by atoms with Gasteiger partial charge in [-0.3, -0.25) is 19.6 Å². The monoisotopic (exact) mass is 570 g/mol. The van der Waals surface area contributed by atoms with Crippen LogP contribution < -0.4 is 10.1 Å². The summed E-state index contributed by atoms with van der Waals surface area (Å²) in [7, 11) is 2.05. The molecule has 208 valence electrons. The average molecular weight is 571 g/mol. The van der Waals surface area contributed by atoms with Crippen LogP contribution in [0.2, 0.25) is 5.02 Å². The minimum Gasteiger partial charge on any atom is -0.435 e. The van der Waals surface area contributed by atoms with E-state index in [9.17, 15) is 18.4 Å². The van der Waals surface area contributed by atoms with Gasteiger partial charge in [-0.25, -0.2) is 9.50 Å². The van der Waals surface area contributed by atoms with E-state index in [1.165, 1.54) is 35.1 Å². The van der Waals surface area contributed by atoms with Crippen LogP contribution in [0.4, 0.5) is 14.5 Å².